The number of benzene rings is 3. The largest absolute Gasteiger partial charge is 0.508 e. The summed E-state index contributed by atoms with van der Waals surface area (Å²) in [7, 11) is 0. The van der Waals surface area contributed by atoms with Gasteiger partial charge in [-0.15, -0.1) is 0 Å². The predicted octanol–water partition coefficient (Wildman–Crippen LogP) is 1.32. The highest BCUT2D eigenvalue weighted by atomic mass is 16.5. The van der Waals surface area contributed by atoms with E-state index in [2.05, 4.69) is 21.3 Å². The lowest BCUT2D eigenvalue weighted by Crippen LogP contribution is -2.62. The third kappa shape index (κ3) is 10.8. The number of nitrogens with one attached hydrogen (secondary N) is 4. The minimum Gasteiger partial charge on any atom is -0.508 e. The van der Waals surface area contributed by atoms with E-state index in [9.17, 15) is 43.8 Å². The van der Waals surface area contributed by atoms with Crippen LogP contribution < -0.4 is 32.7 Å². The standard InChI is InChI=1S/C38H44N6O10/c1-38(2,36(52)42-29(33(40)49)19-31(39)46)44-35(51)30(18-21-14-16-22(45)17-15-21)41-34(50)28(12-7-13-32(47)48)43-37(53)54-20-27-25-10-5-3-8-23(25)24-9-4-6-11-26(24)27/h3-6,8-11,14-17,27-30,45H,7,12-13,18-20H2,1-2H3,(H2,39,46)(H2,40,49)(H,41,50)(H,42,52)(H,43,53)(H,44,51)(H,47,48)/t28-,29+,30+/m1/s1. The minimum atomic E-state index is -1.72. The Labute approximate surface area is 311 Å². The molecule has 0 bridgehead atoms. The van der Waals surface area contributed by atoms with E-state index in [1.165, 1.54) is 38.1 Å². The molecule has 3 aromatic rings. The van der Waals surface area contributed by atoms with Gasteiger partial charge in [0.2, 0.25) is 29.5 Å². The Hall–Kier alpha value is -6.45. The number of hydrogen-bond donors (Lipinski definition) is 8. The van der Waals surface area contributed by atoms with E-state index in [1.807, 2.05) is 48.5 Å². The maximum atomic E-state index is 13.8. The van der Waals surface area contributed by atoms with Crippen LogP contribution in [0.2, 0.25) is 0 Å². The first-order chi connectivity index (χ1) is 25.5. The van der Waals surface area contributed by atoms with E-state index in [0.717, 1.165) is 22.3 Å². The quantitative estimate of drug-likeness (QED) is 0.0926. The van der Waals surface area contributed by atoms with Crippen LogP contribution in [0.25, 0.3) is 11.1 Å². The van der Waals surface area contributed by atoms with Gasteiger partial charge in [0.05, 0.1) is 6.42 Å². The van der Waals surface area contributed by atoms with Crippen molar-refractivity contribution in [2.24, 2.45) is 11.5 Å². The summed E-state index contributed by atoms with van der Waals surface area (Å²) in [6, 6.07) is 17.1. The maximum absolute atomic E-state index is 13.8. The molecule has 0 saturated carbocycles. The van der Waals surface area contributed by atoms with E-state index in [1.54, 1.807) is 0 Å². The lowest BCUT2D eigenvalue weighted by atomic mass is 9.98. The van der Waals surface area contributed by atoms with E-state index < -0.39 is 71.7 Å². The Kier molecular flexibility index (Phi) is 13.3. The Morgan fingerprint density at radius 1 is 0.778 bits per heavy atom. The van der Waals surface area contributed by atoms with Crippen molar-refractivity contribution in [2.45, 2.75) is 75.5 Å². The summed E-state index contributed by atoms with van der Waals surface area (Å²) in [5.74, 6) is -5.95. The van der Waals surface area contributed by atoms with Gasteiger partial charge in [0.25, 0.3) is 0 Å². The van der Waals surface area contributed by atoms with Crippen molar-refractivity contribution in [2.75, 3.05) is 6.61 Å². The number of fused-ring (bicyclic) bond motifs is 3. The van der Waals surface area contributed by atoms with Crippen molar-refractivity contribution in [3.8, 4) is 16.9 Å². The first-order valence-corrected chi connectivity index (χ1v) is 17.2. The number of phenolic OH excluding ortho intramolecular Hbond substituents is 1. The molecule has 0 aliphatic heterocycles. The number of primary amides is 2. The Bertz CT molecular complexity index is 1850. The van der Waals surface area contributed by atoms with Crippen molar-refractivity contribution >= 4 is 41.6 Å². The second kappa shape index (κ2) is 17.9. The number of carbonyl (C=O) groups excluding carboxylic acids is 6. The number of carboxylic acid groups (broad SMARTS) is 1. The van der Waals surface area contributed by atoms with Crippen LogP contribution in [0.1, 0.15) is 62.1 Å². The third-order valence-corrected chi connectivity index (χ3v) is 8.90. The predicted molar refractivity (Wildman–Crippen MR) is 194 cm³/mol. The first-order valence-electron chi connectivity index (χ1n) is 17.2. The van der Waals surface area contributed by atoms with Crippen molar-refractivity contribution in [1.82, 2.24) is 21.3 Å². The van der Waals surface area contributed by atoms with Crippen molar-refractivity contribution in [1.29, 1.82) is 0 Å². The van der Waals surface area contributed by atoms with Crippen LogP contribution in [-0.2, 0) is 39.9 Å². The molecule has 16 nitrogen and oxygen atoms in total. The number of amides is 6. The van der Waals surface area contributed by atoms with E-state index >= 15 is 0 Å². The van der Waals surface area contributed by atoms with E-state index in [-0.39, 0.29) is 44.0 Å². The number of rotatable bonds is 18. The Balaban J connectivity index is 1.51. The van der Waals surface area contributed by atoms with Crippen LogP contribution in [-0.4, -0.2) is 82.1 Å². The zero-order chi connectivity index (χ0) is 39.6. The third-order valence-electron chi connectivity index (χ3n) is 8.90. The summed E-state index contributed by atoms with van der Waals surface area (Å²) in [6.07, 6.45) is -2.11. The monoisotopic (exact) mass is 744 g/mol. The molecule has 0 fully saturated rings. The van der Waals surface area contributed by atoms with Gasteiger partial charge in [0.1, 0.15) is 36.0 Å². The number of aromatic hydroxyl groups is 1. The molecular weight excluding hydrogens is 700 g/mol. The number of aliphatic carboxylic acids is 1. The molecule has 1 aliphatic rings. The SMILES string of the molecule is CC(C)(NC(=O)[C@H](Cc1ccc(O)cc1)NC(=O)[C@@H](CCCC(=O)O)NC(=O)OCC1c2ccccc2-c2ccccc21)C(=O)N[C@@H](CC(N)=O)C(N)=O. The molecule has 6 amide bonds. The molecule has 4 rings (SSSR count). The molecule has 0 aromatic heterocycles. The molecule has 16 heteroatoms. The van der Waals surface area contributed by atoms with E-state index in [0.29, 0.717) is 5.56 Å². The van der Waals surface area contributed by atoms with Crippen LogP contribution in [0.5, 0.6) is 5.75 Å². The fourth-order valence-corrected chi connectivity index (χ4v) is 6.07. The number of phenols is 1. The Morgan fingerprint density at radius 2 is 1.37 bits per heavy atom. The van der Waals surface area contributed by atoms with Crippen LogP contribution in [0, 0.1) is 0 Å². The molecule has 54 heavy (non-hydrogen) atoms. The normalized spacial score (nSPS) is 13.6. The summed E-state index contributed by atoms with van der Waals surface area (Å²) >= 11 is 0. The van der Waals surface area contributed by atoms with Gasteiger partial charge in [-0.3, -0.25) is 28.8 Å². The fraction of sp³-hybridized carbons (Fsp3) is 0.342. The summed E-state index contributed by atoms with van der Waals surface area (Å²) in [5.41, 5.74) is 13.2. The van der Waals surface area contributed by atoms with Crippen molar-refractivity contribution in [3.05, 3.63) is 89.5 Å². The molecule has 0 spiro atoms. The number of hydrogen-bond acceptors (Lipinski definition) is 9. The molecule has 3 aromatic carbocycles. The zero-order valence-corrected chi connectivity index (χ0v) is 29.8. The minimum absolute atomic E-state index is 0.00850. The number of nitrogens with two attached hydrogens (primary N) is 2. The molecule has 1 aliphatic carbocycles. The average molecular weight is 745 g/mol. The van der Waals surface area contributed by atoms with Gasteiger partial charge in [-0.05, 0) is 66.6 Å². The average Bonchev–Trinajstić information content (AvgIpc) is 3.43. The van der Waals surface area contributed by atoms with Crippen molar-refractivity contribution in [3.63, 3.8) is 0 Å². The Morgan fingerprint density at radius 3 is 1.93 bits per heavy atom. The van der Waals surface area contributed by atoms with Gasteiger partial charge in [-0.25, -0.2) is 4.79 Å². The molecule has 0 heterocycles. The second-order valence-electron chi connectivity index (χ2n) is 13.5. The smallest absolute Gasteiger partial charge is 0.407 e. The highest BCUT2D eigenvalue weighted by Gasteiger charge is 2.36. The number of ether oxygens (including phenoxy) is 1. The summed E-state index contributed by atoms with van der Waals surface area (Å²) in [5, 5.41) is 28.9. The van der Waals surface area contributed by atoms with Crippen LogP contribution >= 0.6 is 0 Å². The van der Waals surface area contributed by atoms with Gasteiger partial charge < -0.3 is 47.7 Å². The fourth-order valence-electron chi connectivity index (χ4n) is 6.07. The summed E-state index contributed by atoms with van der Waals surface area (Å²) < 4.78 is 5.62. The van der Waals surface area contributed by atoms with Gasteiger partial charge in [-0.2, -0.15) is 0 Å². The number of carbonyl (C=O) groups is 7. The molecule has 286 valence electrons. The topological polar surface area (TPSA) is 269 Å². The van der Waals surface area contributed by atoms with Crippen LogP contribution in [0.15, 0.2) is 72.8 Å². The van der Waals surface area contributed by atoms with Gasteiger partial charge >= 0.3 is 12.1 Å². The lowest BCUT2D eigenvalue weighted by molar-refractivity contribution is -0.137. The van der Waals surface area contributed by atoms with Gasteiger partial charge in [0.15, 0.2) is 0 Å². The van der Waals surface area contributed by atoms with Gasteiger partial charge in [0, 0.05) is 18.8 Å². The highest BCUT2D eigenvalue weighted by Crippen LogP contribution is 2.44. The molecule has 3 atom stereocenters. The number of alkyl carbamates (subject to hydrolysis) is 1. The highest BCUT2D eigenvalue weighted by molar-refractivity contribution is 5.97. The molecule has 0 unspecified atom stereocenters. The maximum Gasteiger partial charge on any atom is 0.407 e. The van der Waals surface area contributed by atoms with Gasteiger partial charge in [-0.1, -0.05) is 60.7 Å². The first kappa shape index (κ1) is 40.3. The van der Waals surface area contributed by atoms with Crippen LogP contribution in [0.4, 0.5) is 4.79 Å². The van der Waals surface area contributed by atoms with E-state index in [4.69, 9.17) is 16.2 Å². The molecular formula is C38H44N6O10. The molecule has 0 radical (unpaired) electrons. The summed E-state index contributed by atoms with van der Waals surface area (Å²) in [6.45, 7) is 2.58. The van der Waals surface area contributed by atoms with Crippen LogP contribution in [0.3, 0.4) is 0 Å². The molecule has 0 saturated heterocycles. The van der Waals surface area contributed by atoms with Crippen molar-refractivity contribution < 1.29 is 48.5 Å². The number of carboxylic acids is 1. The molecule has 10 N–H and O–H groups in total. The second-order valence-corrected chi connectivity index (χ2v) is 13.5. The lowest BCUT2D eigenvalue weighted by Gasteiger charge is -2.30. The zero-order valence-electron chi connectivity index (χ0n) is 29.8. The summed E-state index contributed by atoms with van der Waals surface area (Å²) in [4.78, 5) is 88.4.